The first-order chi connectivity index (χ1) is 9.49. The van der Waals surface area contributed by atoms with E-state index < -0.39 is 0 Å². The second-order valence-corrected chi connectivity index (χ2v) is 5.17. The predicted molar refractivity (Wildman–Crippen MR) is 80.0 cm³/mol. The van der Waals surface area contributed by atoms with E-state index in [4.69, 9.17) is 5.73 Å². The van der Waals surface area contributed by atoms with Gasteiger partial charge in [-0.15, -0.1) is 0 Å². The lowest BCUT2D eigenvalue weighted by atomic mass is 10.1. The topological polar surface area (TPSA) is 84.2 Å². The molecule has 4 N–H and O–H groups in total. The van der Waals surface area contributed by atoms with Crippen molar-refractivity contribution < 1.29 is 9.59 Å². The molecule has 20 heavy (non-hydrogen) atoms. The van der Waals surface area contributed by atoms with Crippen molar-refractivity contribution in [2.75, 3.05) is 18.8 Å². The smallest absolute Gasteiger partial charge is 0.224 e. The molecular formula is C15H23N3O2. The highest BCUT2D eigenvalue weighted by Crippen LogP contribution is 2.10. The molecular weight excluding hydrogens is 254 g/mol. The van der Waals surface area contributed by atoms with Crippen LogP contribution in [0.3, 0.4) is 0 Å². The number of rotatable bonds is 7. The van der Waals surface area contributed by atoms with Gasteiger partial charge in [-0.05, 0) is 17.5 Å². The highest BCUT2D eigenvalue weighted by molar-refractivity contribution is 5.81. The van der Waals surface area contributed by atoms with Crippen molar-refractivity contribution in [1.29, 1.82) is 0 Å². The van der Waals surface area contributed by atoms with Crippen LogP contribution in [0.15, 0.2) is 24.3 Å². The third kappa shape index (κ3) is 6.22. The Bertz CT molecular complexity index is 458. The van der Waals surface area contributed by atoms with Crippen LogP contribution in [0.5, 0.6) is 0 Å². The first kappa shape index (κ1) is 16.0. The third-order valence-electron chi connectivity index (χ3n) is 2.79. The highest BCUT2D eigenvalue weighted by Gasteiger charge is 2.07. The monoisotopic (exact) mass is 277 g/mol. The van der Waals surface area contributed by atoms with Crippen LogP contribution in [-0.4, -0.2) is 24.9 Å². The minimum atomic E-state index is -0.125. The number of hydrogen-bond acceptors (Lipinski definition) is 3. The molecule has 0 bridgehead atoms. The molecule has 0 aliphatic rings. The number of anilines is 1. The van der Waals surface area contributed by atoms with Gasteiger partial charge in [0.2, 0.25) is 11.8 Å². The molecule has 0 atom stereocenters. The van der Waals surface area contributed by atoms with Gasteiger partial charge in [0.1, 0.15) is 0 Å². The van der Waals surface area contributed by atoms with Crippen LogP contribution < -0.4 is 16.4 Å². The summed E-state index contributed by atoms with van der Waals surface area (Å²) in [6, 6.07) is 7.26. The lowest BCUT2D eigenvalue weighted by Crippen LogP contribution is -2.33. The van der Waals surface area contributed by atoms with Gasteiger partial charge in [-0.25, -0.2) is 0 Å². The van der Waals surface area contributed by atoms with Crippen molar-refractivity contribution in [1.82, 2.24) is 10.6 Å². The summed E-state index contributed by atoms with van der Waals surface area (Å²) < 4.78 is 0. The van der Waals surface area contributed by atoms with E-state index in [1.54, 1.807) is 6.07 Å². The van der Waals surface area contributed by atoms with E-state index in [2.05, 4.69) is 10.6 Å². The number of benzene rings is 1. The Morgan fingerprint density at radius 3 is 2.50 bits per heavy atom. The Labute approximate surface area is 119 Å². The van der Waals surface area contributed by atoms with Crippen LogP contribution in [0.2, 0.25) is 0 Å². The van der Waals surface area contributed by atoms with E-state index in [0.717, 1.165) is 5.56 Å². The number of nitrogen functional groups attached to an aromatic ring is 1. The Balaban J connectivity index is 2.24. The fraction of sp³-hybridized carbons (Fsp3) is 0.467. The molecule has 0 fully saturated rings. The fourth-order valence-electron chi connectivity index (χ4n) is 1.65. The lowest BCUT2D eigenvalue weighted by Gasteiger charge is -2.09. The predicted octanol–water partition coefficient (Wildman–Crippen LogP) is 1.09. The second-order valence-electron chi connectivity index (χ2n) is 5.17. The zero-order chi connectivity index (χ0) is 15.0. The van der Waals surface area contributed by atoms with E-state index >= 15 is 0 Å². The molecule has 0 unspecified atom stereocenters. The van der Waals surface area contributed by atoms with Gasteiger partial charge in [0.05, 0.1) is 6.42 Å². The zero-order valence-electron chi connectivity index (χ0n) is 12.1. The highest BCUT2D eigenvalue weighted by atomic mass is 16.2. The number of amides is 2. The van der Waals surface area contributed by atoms with E-state index in [1.165, 1.54) is 0 Å². The van der Waals surface area contributed by atoms with Crippen LogP contribution in [0.1, 0.15) is 25.8 Å². The number of para-hydroxylation sites is 1. The van der Waals surface area contributed by atoms with Crippen molar-refractivity contribution in [2.24, 2.45) is 5.92 Å². The first-order valence-electron chi connectivity index (χ1n) is 6.85. The van der Waals surface area contributed by atoms with Crippen LogP contribution in [0.25, 0.3) is 0 Å². The summed E-state index contributed by atoms with van der Waals surface area (Å²) in [6.45, 7) is 5.07. The Morgan fingerprint density at radius 2 is 1.85 bits per heavy atom. The molecule has 0 saturated carbocycles. The molecule has 0 spiro atoms. The van der Waals surface area contributed by atoms with Crippen molar-refractivity contribution in [2.45, 2.75) is 26.7 Å². The summed E-state index contributed by atoms with van der Waals surface area (Å²) in [7, 11) is 0. The minimum Gasteiger partial charge on any atom is -0.398 e. The quantitative estimate of drug-likeness (QED) is 0.652. The van der Waals surface area contributed by atoms with Crippen molar-refractivity contribution in [3.63, 3.8) is 0 Å². The molecule has 0 heterocycles. The number of nitrogens with two attached hydrogens (primary N) is 1. The van der Waals surface area contributed by atoms with Gasteiger partial charge in [-0.1, -0.05) is 32.0 Å². The average molecular weight is 277 g/mol. The summed E-state index contributed by atoms with van der Waals surface area (Å²) in [5.41, 5.74) is 7.18. The molecule has 0 saturated heterocycles. The molecule has 0 aliphatic carbocycles. The average Bonchev–Trinajstić information content (AvgIpc) is 2.39. The lowest BCUT2D eigenvalue weighted by molar-refractivity contribution is -0.122. The van der Waals surface area contributed by atoms with Crippen LogP contribution in [0, 0.1) is 5.92 Å². The minimum absolute atomic E-state index is 0.0433. The summed E-state index contributed by atoms with van der Waals surface area (Å²) in [6.07, 6.45) is 0.531. The maximum absolute atomic E-state index is 11.7. The first-order valence-corrected chi connectivity index (χ1v) is 6.85. The number of nitrogens with one attached hydrogen (secondary N) is 2. The number of hydrogen-bond donors (Lipinski definition) is 3. The normalized spacial score (nSPS) is 10.3. The van der Waals surface area contributed by atoms with E-state index in [0.29, 0.717) is 31.1 Å². The van der Waals surface area contributed by atoms with Gasteiger partial charge < -0.3 is 16.4 Å². The Morgan fingerprint density at radius 1 is 1.15 bits per heavy atom. The SMILES string of the molecule is CC(C)CNC(=O)CCNC(=O)Cc1ccccc1N. The van der Waals surface area contributed by atoms with Gasteiger partial charge in [0.15, 0.2) is 0 Å². The van der Waals surface area contributed by atoms with Crippen molar-refractivity contribution >= 4 is 17.5 Å². The molecule has 1 rings (SSSR count). The molecule has 5 nitrogen and oxygen atoms in total. The summed E-state index contributed by atoms with van der Waals surface area (Å²) in [5, 5.41) is 5.53. The van der Waals surface area contributed by atoms with E-state index in [-0.39, 0.29) is 18.2 Å². The zero-order valence-corrected chi connectivity index (χ0v) is 12.1. The molecule has 1 aromatic rings. The summed E-state index contributed by atoms with van der Waals surface area (Å²) in [5.74, 6) is 0.257. The number of carbonyl (C=O) groups is 2. The summed E-state index contributed by atoms with van der Waals surface area (Å²) >= 11 is 0. The Kier molecular flexibility index (Phi) is 6.56. The van der Waals surface area contributed by atoms with Gasteiger partial charge in [-0.3, -0.25) is 9.59 Å². The number of carbonyl (C=O) groups excluding carboxylic acids is 2. The molecule has 0 radical (unpaired) electrons. The molecule has 110 valence electrons. The molecule has 0 aliphatic heterocycles. The van der Waals surface area contributed by atoms with Crippen molar-refractivity contribution in [3.05, 3.63) is 29.8 Å². The standard InChI is InChI=1S/C15H23N3O2/c1-11(2)10-18-14(19)7-8-17-15(20)9-12-5-3-4-6-13(12)16/h3-6,11H,7-10,16H2,1-2H3,(H,17,20)(H,18,19). The molecule has 0 aromatic heterocycles. The van der Waals surface area contributed by atoms with Gasteiger partial charge in [-0.2, -0.15) is 0 Å². The van der Waals surface area contributed by atoms with Gasteiger partial charge in [0.25, 0.3) is 0 Å². The third-order valence-corrected chi connectivity index (χ3v) is 2.79. The summed E-state index contributed by atoms with van der Waals surface area (Å²) in [4.78, 5) is 23.2. The van der Waals surface area contributed by atoms with Gasteiger partial charge >= 0.3 is 0 Å². The second kappa shape index (κ2) is 8.19. The largest absolute Gasteiger partial charge is 0.398 e. The van der Waals surface area contributed by atoms with E-state index in [9.17, 15) is 9.59 Å². The maximum atomic E-state index is 11.7. The molecule has 5 heteroatoms. The fourth-order valence-corrected chi connectivity index (χ4v) is 1.65. The Hall–Kier alpha value is -2.04. The van der Waals surface area contributed by atoms with Crippen molar-refractivity contribution in [3.8, 4) is 0 Å². The maximum Gasteiger partial charge on any atom is 0.224 e. The van der Waals surface area contributed by atoms with E-state index in [1.807, 2.05) is 32.0 Å². The molecule has 1 aromatic carbocycles. The van der Waals surface area contributed by atoms with Gasteiger partial charge in [0, 0.05) is 25.2 Å². The molecule has 2 amide bonds. The van der Waals surface area contributed by atoms with Crippen LogP contribution >= 0.6 is 0 Å². The van der Waals surface area contributed by atoms with Crippen LogP contribution in [-0.2, 0) is 16.0 Å². The van der Waals surface area contributed by atoms with Crippen LogP contribution in [0.4, 0.5) is 5.69 Å².